The molecule has 0 aromatic heterocycles. The van der Waals surface area contributed by atoms with Crippen molar-refractivity contribution in [1.29, 1.82) is 0 Å². The van der Waals surface area contributed by atoms with Gasteiger partial charge in [-0.15, -0.1) is 0 Å². The maximum atomic E-state index is 14.1. The van der Waals surface area contributed by atoms with Gasteiger partial charge in [0, 0.05) is 31.1 Å². The van der Waals surface area contributed by atoms with E-state index in [9.17, 15) is 31.9 Å². The molecule has 2 N–H and O–H groups in total. The minimum atomic E-state index is -2.33. The summed E-state index contributed by atoms with van der Waals surface area (Å²) in [5, 5.41) is 11.8. The quantitative estimate of drug-likeness (QED) is 0.0814. The van der Waals surface area contributed by atoms with E-state index < -0.39 is 46.8 Å². The summed E-state index contributed by atoms with van der Waals surface area (Å²) in [6.45, 7) is 2.54. The van der Waals surface area contributed by atoms with E-state index in [-0.39, 0.29) is 31.4 Å². The van der Waals surface area contributed by atoms with Crippen LogP contribution in [0.15, 0.2) is 103 Å². The molecule has 0 saturated carbocycles. The molecule has 0 bridgehead atoms. The number of carbonyl (C=O) groups is 1. The topological polar surface area (TPSA) is 71.0 Å². The zero-order valence-electron chi connectivity index (χ0n) is 28.5. The molecule has 1 aliphatic heterocycles. The van der Waals surface area contributed by atoms with Gasteiger partial charge in [0.15, 0.2) is 29.6 Å². The second-order valence-electron chi connectivity index (χ2n) is 12.8. The number of benzene rings is 5. The molecule has 5 aromatic carbocycles. The summed E-state index contributed by atoms with van der Waals surface area (Å²) in [6, 6.07) is 32.7. The summed E-state index contributed by atoms with van der Waals surface area (Å²) >= 11 is 0. The van der Waals surface area contributed by atoms with E-state index in [2.05, 4.69) is 36.3 Å². The number of nitrogens with zero attached hydrogens (tertiary/aromatic N) is 1. The summed E-state index contributed by atoms with van der Waals surface area (Å²) < 4.78 is 82.0. The maximum Gasteiger partial charge on any atom is 0.257 e. The standard InChI is InChI=1S/C41H37F5N2O4/c1-24(27-8-4-3-5-9-27)48(2)22-32-20-33(29-13-11-25(23-49)12-14-29)52-41(51-32)30-17-15-28(16-18-30)31-10-6-7-26(19-31)21-47-40(50)34-35(42)37(44)39(46)38(45)36(34)43/h3-19,24,32-33,41,49H,20-23H2,1-2H3,(H,47,50)/t24-,32+,33-,41-/m0/s1. The highest BCUT2D eigenvalue weighted by atomic mass is 19.2. The van der Waals surface area contributed by atoms with Crippen molar-refractivity contribution in [3.63, 3.8) is 0 Å². The third kappa shape index (κ3) is 8.08. The Morgan fingerprint density at radius 3 is 2.06 bits per heavy atom. The van der Waals surface area contributed by atoms with Crippen molar-refractivity contribution >= 4 is 5.91 Å². The highest BCUT2D eigenvalue weighted by Gasteiger charge is 2.34. The van der Waals surface area contributed by atoms with Crippen LogP contribution in [0.1, 0.15) is 70.0 Å². The van der Waals surface area contributed by atoms with Crippen LogP contribution in [-0.2, 0) is 22.6 Å². The van der Waals surface area contributed by atoms with Crippen molar-refractivity contribution in [2.45, 2.75) is 51.0 Å². The molecule has 11 heteroatoms. The molecule has 0 aliphatic carbocycles. The Morgan fingerprint density at radius 2 is 1.40 bits per heavy atom. The lowest BCUT2D eigenvalue weighted by Crippen LogP contribution is -2.38. The average Bonchev–Trinajstić information content (AvgIpc) is 3.18. The number of aliphatic hydroxyl groups is 1. The minimum absolute atomic E-state index is 0.0510. The molecule has 0 radical (unpaired) electrons. The first-order valence-electron chi connectivity index (χ1n) is 16.8. The smallest absolute Gasteiger partial charge is 0.257 e. The van der Waals surface area contributed by atoms with Crippen LogP contribution >= 0.6 is 0 Å². The van der Waals surface area contributed by atoms with Gasteiger partial charge in [0.25, 0.3) is 5.91 Å². The minimum Gasteiger partial charge on any atom is -0.392 e. The number of amides is 1. The number of likely N-dealkylation sites (N-methyl/N-ethyl adjacent to an activating group) is 1. The van der Waals surface area contributed by atoms with Gasteiger partial charge in [-0.05, 0) is 53.4 Å². The average molecular weight is 717 g/mol. The van der Waals surface area contributed by atoms with Gasteiger partial charge in [0.2, 0.25) is 5.82 Å². The molecule has 4 atom stereocenters. The predicted octanol–water partition coefficient (Wildman–Crippen LogP) is 8.71. The molecule has 1 fully saturated rings. The first kappa shape index (κ1) is 36.8. The van der Waals surface area contributed by atoms with Gasteiger partial charge in [-0.1, -0.05) is 97.1 Å². The zero-order valence-corrected chi connectivity index (χ0v) is 28.5. The Labute approximate surface area is 298 Å². The summed E-state index contributed by atoms with van der Waals surface area (Å²) in [4.78, 5) is 14.7. The van der Waals surface area contributed by atoms with Crippen molar-refractivity contribution in [2.75, 3.05) is 13.6 Å². The second kappa shape index (κ2) is 16.2. The van der Waals surface area contributed by atoms with Crippen LogP contribution in [0, 0.1) is 29.1 Å². The number of nitrogens with one attached hydrogen (secondary N) is 1. The number of halogens is 5. The van der Waals surface area contributed by atoms with Crippen LogP contribution in [0.3, 0.4) is 0 Å². The van der Waals surface area contributed by atoms with E-state index in [4.69, 9.17) is 9.47 Å². The van der Waals surface area contributed by atoms with Crippen molar-refractivity contribution in [3.8, 4) is 11.1 Å². The Bertz CT molecular complexity index is 1980. The van der Waals surface area contributed by atoms with Crippen molar-refractivity contribution < 1.29 is 41.3 Å². The zero-order chi connectivity index (χ0) is 36.9. The molecule has 5 aromatic rings. The third-order valence-electron chi connectivity index (χ3n) is 9.38. The molecule has 0 spiro atoms. The third-order valence-corrected chi connectivity index (χ3v) is 9.38. The van der Waals surface area contributed by atoms with Gasteiger partial charge < -0.3 is 19.9 Å². The molecule has 0 unspecified atom stereocenters. The molecule has 1 heterocycles. The van der Waals surface area contributed by atoms with E-state index in [0.717, 1.165) is 27.8 Å². The predicted molar refractivity (Wildman–Crippen MR) is 185 cm³/mol. The second-order valence-corrected chi connectivity index (χ2v) is 12.8. The van der Waals surface area contributed by atoms with Crippen LogP contribution in [-0.4, -0.2) is 35.6 Å². The summed E-state index contributed by atoms with van der Waals surface area (Å²) in [5.74, 6) is -12.5. The Morgan fingerprint density at radius 1 is 0.769 bits per heavy atom. The van der Waals surface area contributed by atoms with Gasteiger partial charge in [-0.25, -0.2) is 22.0 Å². The normalized spacial score (nSPS) is 18.0. The Balaban J connectivity index is 1.17. The molecule has 6 nitrogen and oxygen atoms in total. The van der Waals surface area contributed by atoms with Crippen LogP contribution in [0.25, 0.3) is 11.1 Å². The summed E-state index contributed by atoms with van der Waals surface area (Å²) in [5.41, 5.74) is 4.36. The monoisotopic (exact) mass is 716 g/mol. The van der Waals surface area contributed by atoms with Crippen molar-refractivity contribution in [2.24, 2.45) is 0 Å². The van der Waals surface area contributed by atoms with Gasteiger partial charge in [-0.2, -0.15) is 0 Å². The van der Waals surface area contributed by atoms with Gasteiger partial charge in [0.1, 0.15) is 5.56 Å². The lowest BCUT2D eigenvalue weighted by Gasteiger charge is -2.39. The van der Waals surface area contributed by atoms with E-state index in [1.807, 2.05) is 72.8 Å². The molecular weight excluding hydrogens is 679 g/mol. The molecular formula is C41H37F5N2O4. The number of hydrogen-bond acceptors (Lipinski definition) is 5. The molecule has 1 amide bonds. The van der Waals surface area contributed by atoms with Gasteiger partial charge in [-0.3, -0.25) is 9.69 Å². The fraction of sp³-hybridized carbons (Fsp3) is 0.244. The summed E-state index contributed by atoms with van der Waals surface area (Å²) in [7, 11) is 2.07. The fourth-order valence-corrected chi connectivity index (χ4v) is 6.27. The van der Waals surface area contributed by atoms with E-state index in [1.54, 1.807) is 18.2 Å². The van der Waals surface area contributed by atoms with E-state index in [1.165, 1.54) is 5.56 Å². The lowest BCUT2D eigenvalue weighted by atomic mass is 9.98. The maximum absolute atomic E-state index is 14.1. The van der Waals surface area contributed by atoms with Crippen molar-refractivity contribution in [1.82, 2.24) is 10.2 Å². The Kier molecular flexibility index (Phi) is 11.5. The van der Waals surface area contributed by atoms with Gasteiger partial charge >= 0.3 is 0 Å². The number of carbonyl (C=O) groups excluding carboxylic acids is 1. The lowest BCUT2D eigenvalue weighted by molar-refractivity contribution is -0.253. The molecule has 6 rings (SSSR count). The largest absolute Gasteiger partial charge is 0.392 e. The first-order chi connectivity index (χ1) is 25.0. The van der Waals surface area contributed by atoms with Crippen LogP contribution in [0.5, 0.6) is 0 Å². The number of rotatable bonds is 11. The SMILES string of the molecule is C[C@@H](c1ccccc1)N(C)C[C@H]1C[C@@H](c2ccc(CO)cc2)O[C@@H](c2ccc(-c3cccc(CNC(=O)c4c(F)c(F)c(F)c(F)c4F)c3)cc2)O1. The number of ether oxygens (including phenoxy) is 2. The summed E-state index contributed by atoms with van der Waals surface area (Å²) in [6.07, 6.45) is -0.451. The first-order valence-corrected chi connectivity index (χ1v) is 16.8. The van der Waals surface area contributed by atoms with Crippen LogP contribution in [0.4, 0.5) is 22.0 Å². The molecule has 1 aliphatic rings. The van der Waals surface area contributed by atoms with Crippen molar-refractivity contribution in [3.05, 3.63) is 166 Å². The highest BCUT2D eigenvalue weighted by Crippen LogP contribution is 2.39. The number of hydrogen-bond donors (Lipinski definition) is 2. The Hall–Kier alpha value is -4.94. The highest BCUT2D eigenvalue weighted by molar-refractivity contribution is 5.94. The van der Waals surface area contributed by atoms with E-state index >= 15 is 0 Å². The van der Waals surface area contributed by atoms with Gasteiger partial charge in [0.05, 0.1) is 18.8 Å². The molecule has 52 heavy (non-hydrogen) atoms. The fourth-order valence-electron chi connectivity index (χ4n) is 6.27. The molecule has 270 valence electrons. The number of aliphatic hydroxyl groups excluding tert-OH is 1. The molecule has 1 saturated heterocycles. The van der Waals surface area contributed by atoms with Crippen LogP contribution in [0.2, 0.25) is 0 Å². The van der Waals surface area contributed by atoms with E-state index in [0.29, 0.717) is 18.5 Å². The van der Waals surface area contributed by atoms with Crippen LogP contribution < -0.4 is 5.32 Å².